The van der Waals surface area contributed by atoms with Crippen molar-refractivity contribution in [2.45, 2.75) is 12.9 Å². The van der Waals surface area contributed by atoms with Crippen LogP contribution in [0.25, 0.3) is 0 Å². The zero-order valence-corrected chi connectivity index (χ0v) is 8.34. The lowest BCUT2D eigenvalue weighted by molar-refractivity contribution is -0.276. The van der Waals surface area contributed by atoms with Crippen LogP contribution < -0.4 is 20.9 Å². The number of anilines is 1. The minimum atomic E-state index is -4.82. The molecule has 0 bridgehead atoms. The van der Waals surface area contributed by atoms with Gasteiger partial charge in [0.25, 0.3) is 0 Å². The molecule has 0 saturated heterocycles. The lowest BCUT2D eigenvalue weighted by Crippen LogP contribution is -2.19. The monoisotopic (exact) mass is 237 g/mol. The molecule has 0 aliphatic rings. The number of alkyl halides is 3. The molecule has 1 rings (SSSR count). The SMILES string of the molecule is COc1c(N)cc(OC(F)(F)F)nc1CN. The van der Waals surface area contributed by atoms with Crippen molar-refractivity contribution in [3.63, 3.8) is 0 Å². The Hall–Kier alpha value is -1.70. The molecule has 8 heteroatoms. The smallest absolute Gasteiger partial charge is 0.493 e. The van der Waals surface area contributed by atoms with Crippen LogP contribution in [0.1, 0.15) is 5.69 Å². The van der Waals surface area contributed by atoms with Crippen molar-refractivity contribution < 1.29 is 22.6 Å². The Kier molecular flexibility index (Phi) is 3.43. The van der Waals surface area contributed by atoms with Crippen LogP contribution in [-0.4, -0.2) is 18.5 Å². The number of nitrogens with two attached hydrogens (primary N) is 2. The predicted molar refractivity (Wildman–Crippen MR) is 49.8 cm³/mol. The molecule has 1 aromatic rings. The van der Waals surface area contributed by atoms with Gasteiger partial charge in [0.1, 0.15) is 5.69 Å². The first-order valence-electron chi connectivity index (χ1n) is 4.16. The number of rotatable bonds is 3. The molecule has 16 heavy (non-hydrogen) atoms. The van der Waals surface area contributed by atoms with Crippen molar-refractivity contribution in [2.75, 3.05) is 12.8 Å². The van der Waals surface area contributed by atoms with E-state index in [0.717, 1.165) is 6.07 Å². The molecule has 0 atom stereocenters. The van der Waals surface area contributed by atoms with Crippen LogP contribution in [0.3, 0.4) is 0 Å². The molecule has 1 aromatic heterocycles. The summed E-state index contributed by atoms with van der Waals surface area (Å²) in [5.41, 5.74) is 10.8. The fourth-order valence-corrected chi connectivity index (χ4v) is 1.13. The van der Waals surface area contributed by atoms with Crippen LogP contribution in [0.15, 0.2) is 6.07 Å². The van der Waals surface area contributed by atoms with Gasteiger partial charge >= 0.3 is 6.36 Å². The van der Waals surface area contributed by atoms with E-state index in [-0.39, 0.29) is 23.7 Å². The number of nitrogen functional groups attached to an aromatic ring is 1. The minimum Gasteiger partial charge on any atom is -0.493 e. The van der Waals surface area contributed by atoms with Gasteiger partial charge in [0.2, 0.25) is 5.88 Å². The van der Waals surface area contributed by atoms with Crippen LogP contribution in [0, 0.1) is 0 Å². The Labute approximate surface area is 89.1 Å². The molecule has 0 aromatic carbocycles. The first kappa shape index (κ1) is 12.4. The van der Waals surface area contributed by atoms with Gasteiger partial charge in [0, 0.05) is 12.6 Å². The standard InChI is InChI=1S/C8H10F3N3O2/c1-15-7-4(13)2-6(14-5(7)3-12)16-8(9,10)11/h2H,3,12H2,1H3,(H2,13,14). The van der Waals surface area contributed by atoms with E-state index in [1.807, 2.05) is 0 Å². The molecule has 90 valence electrons. The summed E-state index contributed by atoms with van der Waals surface area (Å²) in [7, 11) is 1.32. The van der Waals surface area contributed by atoms with Crippen molar-refractivity contribution in [1.29, 1.82) is 0 Å². The van der Waals surface area contributed by atoms with Gasteiger partial charge in [0.15, 0.2) is 5.75 Å². The quantitative estimate of drug-likeness (QED) is 0.820. The van der Waals surface area contributed by atoms with E-state index in [0.29, 0.717) is 0 Å². The first-order chi connectivity index (χ1) is 7.37. The molecule has 0 aliphatic heterocycles. The van der Waals surface area contributed by atoms with Gasteiger partial charge in [-0.25, -0.2) is 4.98 Å². The third-order valence-corrected chi connectivity index (χ3v) is 1.67. The average Bonchev–Trinajstić information content (AvgIpc) is 2.14. The summed E-state index contributed by atoms with van der Waals surface area (Å²) in [6.45, 7) is -0.109. The zero-order valence-electron chi connectivity index (χ0n) is 8.34. The van der Waals surface area contributed by atoms with E-state index in [1.54, 1.807) is 0 Å². The lowest BCUT2D eigenvalue weighted by atomic mass is 10.3. The Morgan fingerprint density at radius 3 is 2.50 bits per heavy atom. The van der Waals surface area contributed by atoms with Crippen molar-refractivity contribution in [3.05, 3.63) is 11.8 Å². The van der Waals surface area contributed by atoms with E-state index in [9.17, 15) is 13.2 Å². The van der Waals surface area contributed by atoms with Crippen LogP contribution in [0.2, 0.25) is 0 Å². The Morgan fingerprint density at radius 1 is 1.44 bits per heavy atom. The third-order valence-electron chi connectivity index (χ3n) is 1.67. The van der Waals surface area contributed by atoms with Gasteiger partial charge in [-0.3, -0.25) is 0 Å². The first-order valence-corrected chi connectivity index (χ1v) is 4.16. The highest BCUT2D eigenvalue weighted by molar-refractivity contribution is 5.56. The Balaban J connectivity index is 3.10. The van der Waals surface area contributed by atoms with Gasteiger partial charge in [-0.05, 0) is 0 Å². The highest BCUT2D eigenvalue weighted by Crippen LogP contribution is 2.30. The summed E-state index contributed by atoms with van der Waals surface area (Å²) in [6.07, 6.45) is -4.82. The molecule has 0 amide bonds. The molecule has 0 saturated carbocycles. The molecule has 0 unspecified atom stereocenters. The van der Waals surface area contributed by atoms with Crippen molar-refractivity contribution >= 4 is 5.69 Å². The summed E-state index contributed by atoms with van der Waals surface area (Å²) in [4.78, 5) is 3.54. The zero-order chi connectivity index (χ0) is 12.3. The fourth-order valence-electron chi connectivity index (χ4n) is 1.13. The lowest BCUT2D eigenvalue weighted by Gasteiger charge is -2.13. The van der Waals surface area contributed by atoms with Gasteiger partial charge in [0.05, 0.1) is 12.8 Å². The molecule has 1 heterocycles. The van der Waals surface area contributed by atoms with E-state index in [2.05, 4.69) is 9.72 Å². The largest absolute Gasteiger partial charge is 0.574 e. The number of hydrogen-bond donors (Lipinski definition) is 2. The van der Waals surface area contributed by atoms with E-state index >= 15 is 0 Å². The van der Waals surface area contributed by atoms with E-state index < -0.39 is 12.2 Å². The number of halogens is 3. The number of hydrogen-bond acceptors (Lipinski definition) is 5. The third kappa shape index (κ3) is 2.89. The average molecular weight is 237 g/mol. The predicted octanol–water partition coefficient (Wildman–Crippen LogP) is 1.03. The molecule has 5 nitrogen and oxygen atoms in total. The minimum absolute atomic E-state index is 0.0165. The van der Waals surface area contributed by atoms with E-state index in [4.69, 9.17) is 16.2 Å². The second-order valence-electron chi connectivity index (χ2n) is 2.78. The number of methoxy groups -OCH3 is 1. The summed E-state index contributed by atoms with van der Waals surface area (Å²) in [5, 5.41) is 0. The maximum atomic E-state index is 11.9. The molecular weight excluding hydrogens is 227 g/mol. The Morgan fingerprint density at radius 2 is 2.06 bits per heavy atom. The molecule has 4 N–H and O–H groups in total. The van der Waals surface area contributed by atoms with Crippen molar-refractivity contribution in [3.8, 4) is 11.6 Å². The number of ether oxygens (including phenoxy) is 2. The summed E-state index contributed by atoms with van der Waals surface area (Å²) in [6, 6.07) is 0.922. The van der Waals surface area contributed by atoms with Crippen molar-refractivity contribution in [2.24, 2.45) is 5.73 Å². The molecule has 0 fully saturated rings. The molecule has 0 radical (unpaired) electrons. The highest BCUT2D eigenvalue weighted by Gasteiger charge is 2.32. The van der Waals surface area contributed by atoms with Crippen LogP contribution in [0.5, 0.6) is 11.6 Å². The van der Waals surface area contributed by atoms with Gasteiger partial charge < -0.3 is 20.9 Å². The maximum absolute atomic E-state index is 11.9. The van der Waals surface area contributed by atoms with Crippen molar-refractivity contribution in [1.82, 2.24) is 4.98 Å². The second-order valence-corrected chi connectivity index (χ2v) is 2.78. The summed E-state index contributed by atoms with van der Waals surface area (Å²) >= 11 is 0. The second kappa shape index (κ2) is 4.44. The maximum Gasteiger partial charge on any atom is 0.574 e. The number of aromatic nitrogens is 1. The van der Waals surface area contributed by atoms with Crippen LogP contribution >= 0.6 is 0 Å². The van der Waals surface area contributed by atoms with Crippen LogP contribution in [0.4, 0.5) is 18.9 Å². The number of nitrogens with zero attached hydrogens (tertiary/aromatic N) is 1. The molecule has 0 aliphatic carbocycles. The summed E-state index contributed by atoms with van der Waals surface area (Å²) in [5.74, 6) is -0.511. The Bertz CT molecular complexity index is 382. The fraction of sp³-hybridized carbons (Fsp3) is 0.375. The number of pyridine rings is 1. The normalized spacial score (nSPS) is 11.3. The summed E-state index contributed by atoms with van der Waals surface area (Å²) < 4.78 is 44.2. The molecular formula is C8H10F3N3O2. The van der Waals surface area contributed by atoms with E-state index in [1.165, 1.54) is 7.11 Å². The topological polar surface area (TPSA) is 83.4 Å². The van der Waals surface area contributed by atoms with Crippen LogP contribution in [-0.2, 0) is 6.54 Å². The van der Waals surface area contributed by atoms with Gasteiger partial charge in [-0.15, -0.1) is 13.2 Å². The van der Waals surface area contributed by atoms with Gasteiger partial charge in [-0.2, -0.15) is 0 Å². The van der Waals surface area contributed by atoms with Gasteiger partial charge in [-0.1, -0.05) is 0 Å². The highest BCUT2D eigenvalue weighted by atomic mass is 19.4. The molecule has 0 spiro atoms.